The lowest BCUT2D eigenvalue weighted by atomic mass is 9.93. The molecule has 0 aliphatic carbocycles. The SMILES string of the molecule is CCCC1CCN(C(=O)Nc2ccccc2)CC1. The number of rotatable bonds is 3. The van der Waals surface area contributed by atoms with Gasteiger partial charge in [0.25, 0.3) is 0 Å². The second kappa shape index (κ2) is 6.43. The minimum atomic E-state index is 0.0381. The summed E-state index contributed by atoms with van der Waals surface area (Å²) < 4.78 is 0. The number of urea groups is 1. The van der Waals surface area contributed by atoms with Crippen molar-refractivity contribution in [3.63, 3.8) is 0 Å². The number of hydrogen-bond acceptors (Lipinski definition) is 1. The van der Waals surface area contributed by atoms with Gasteiger partial charge in [-0.1, -0.05) is 38.0 Å². The zero-order valence-electron chi connectivity index (χ0n) is 11.1. The minimum Gasteiger partial charge on any atom is -0.325 e. The number of nitrogens with zero attached hydrogens (tertiary/aromatic N) is 1. The molecule has 0 aromatic heterocycles. The molecule has 3 nitrogen and oxygen atoms in total. The predicted molar refractivity (Wildman–Crippen MR) is 74.7 cm³/mol. The maximum Gasteiger partial charge on any atom is 0.321 e. The molecule has 1 fully saturated rings. The van der Waals surface area contributed by atoms with Crippen molar-refractivity contribution in [1.82, 2.24) is 4.90 Å². The van der Waals surface area contributed by atoms with Crippen LogP contribution in [-0.4, -0.2) is 24.0 Å². The highest BCUT2D eigenvalue weighted by Crippen LogP contribution is 2.22. The average Bonchev–Trinajstić information content (AvgIpc) is 2.41. The fourth-order valence-electron chi connectivity index (χ4n) is 2.56. The van der Waals surface area contributed by atoms with E-state index in [9.17, 15) is 4.79 Å². The van der Waals surface area contributed by atoms with Gasteiger partial charge in [0.2, 0.25) is 0 Å². The molecule has 18 heavy (non-hydrogen) atoms. The van der Waals surface area contributed by atoms with Crippen LogP contribution in [0.4, 0.5) is 10.5 Å². The van der Waals surface area contributed by atoms with Crippen LogP contribution < -0.4 is 5.32 Å². The number of likely N-dealkylation sites (tertiary alicyclic amines) is 1. The first kappa shape index (κ1) is 12.9. The van der Waals surface area contributed by atoms with Crippen LogP contribution in [0.5, 0.6) is 0 Å². The van der Waals surface area contributed by atoms with Crippen molar-refractivity contribution in [1.29, 1.82) is 0 Å². The van der Waals surface area contributed by atoms with Crippen molar-refractivity contribution in [2.75, 3.05) is 18.4 Å². The third-order valence-corrected chi connectivity index (χ3v) is 3.62. The van der Waals surface area contributed by atoms with E-state index in [4.69, 9.17) is 0 Å². The van der Waals surface area contributed by atoms with Crippen molar-refractivity contribution in [2.24, 2.45) is 5.92 Å². The predicted octanol–water partition coefficient (Wildman–Crippen LogP) is 3.73. The molecule has 0 saturated carbocycles. The fourth-order valence-corrected chi connectivity index (χ4v) is 2.56. The molecular weight excluding hydrogens is 224 g/mol. The first-order chi connectivity index (χ1) is 8.79. The van der Waals surface area contributed by atoms with Gasteiger partial charge in [-0.25, -0.2) is 4.79 Å². The molecule has 0 bridgehead atoms. The quantitative estimate of drug-likeness (QED) is 0.866. The molecule has 1 aliphatic rings. The number of amides is 2. The van der Waals surface area contributed by atoms with E-state index in [2.05, 4.69) is 12.2 Å². The normalized spacial score (nSPS) is 16.6. The molecule has 0 radical (unpaired) electrons. The Balaban J connectivity index is 1.81. The molecule has 1 saturated heterocycles. The van der Waals surface area contributed by atoms with Gasteiger partial charge in [-0.2, -0.15) is 0 Å². The smallest absolute Gasteiger partial charge is 0.321 e. The van der Waals surface area contributed by atoms with E-state index in [1.54, 1.807) is 0 Å². The summed E-state index contributed by atoms with van der Waals surface area (Å²) in [5, 5.41) is 2.95. The molecule has 2 amide bonds. The Morgan fingerprint density at radius 1 is 1.28 bits per heavy atom. The van der Waals surface area contributed by atoms with E-state index in [1.165, 1.54) is 12.8 Å². The lowest BCUT2D eigenvalue weighted by Crippen LogP contribution is -2.41. The van der Waals surface area contributed by atoms with Crippen LogP contribution in [0.2, 0.25) is 0 Å². The van der Waals surface area contributed by atoms with Crippen LogP contribution in [0.25, 0.3) is 0 Å². The Morgan fingerprint density at radius 3 is 2.56 bits per heavy atom. The molecule has 1 aromatic rings. The van der Waals surface area contributed by atoms with E-state index in [1.807, 2.05) is 35.2 Å². The van der Waals surface area contributed by atoms with E-state index in [-0.39, 0.29) is 6.03 Å². The summed E-state index contributed by atoms with van der Waals surface area (Å²) in [6, 6.07) is 9.69. The molecule has 1 aromatic carbocycles. The highest BCUT2D eigenvalue weighted by molar-refractivity contribution is 5.89. The van der Waals surface area contributed by atoms with Gasteiger partial charge < -0.3 is 10.2 Å². The molecule has 1 aliphatic heterocycles. The van der Waals surface area contributed by atoms with Crippen LogP contribution in [0.3, 0.4) is 0 Å². The van der Waals surface area contributed by atoms with Crippen molar-refractivity contribution in [2.45, 2.75) is 32.6 Å². The Morgan fingerprint density at radius 2 is 1.94 bits per heavy atom. The van der Waals surface area contributed by atoms with Gasteiger partial charge in [0.15, 0.2) is 0 Å². The van der Waals surface area contributed by atoms with E-state index in [0.717, 1.165) is 37.5 Å². The molecular formula is C15H22N2O. The van der Waals surface area contributed by atoms with Crippen molar-refractivity contribution in [3.05, 3.63) is 30.3 Å². The number of carbonyl (C=O) groups excluding carboxylic acids is 1. The van der Waals surface area contributed by atoms with Gasteiger partial charge in [0, 0.05) is 18.8 Å². The minimum absolute atomic E-state index is 0.0381. The maximum atomic E-state index is 12.0. The standard InChI is InChI=1S/C15H22N2O/c1-2-6-13-9-11-17(12-10-13)15(18)16-14-7-4-3-5-8-14/h3-5,7-8,13H,2,6,9-12H2,1H3,(H,16,18). The molecule has 3 heteroatoms. The fraction of sp³-hybridized carbons (Fsp3) is 0.533. The number of carbonyl (C=O) groups is 1. The highest BCUT2D eigenvalue weighted by atomic mass is 16.2. The molecule has 0 unspecified atom stereocenters. The number of anilines is 1. The van der Waals surface area contributed by atoms with Crippen LogP contribution in [-0.2, 0) is 0 Å². The van der Waals surface area contributed by atoms with Gasteiger partial charge in [-0.05, 0) is 30.9 Å². The zero-order valence-corrected chi connectivity index (χ0v) is 11.1. The average molecular weight is 246 g/mol. The lowest BCUT2D eigenvalue weighted by Gasteiger charge is -2.31. The summed E-state index contributed by atoms with van der Waals surface area (Å²) in [5.74, 6) is 0.816. The topological polar surface area (TPSA) is 32.3 Å². The van der Waals surface area contributed by atoms with Gasteiger partial charge in [-0.15, -0.1) is 0 Å². The van der Waals surface area contributed by atoms with E-state index in [0.29, 0.717) is 0 Å². The van der Waals surface area contributed by atoms with Gasteiger partial charge in [0.1, 0.15) is 0 Å². The Hall–Kier alpha value is -1.51. The molecule has 0 atom stereocenters. The monoisotopic (exact) mass is 246 g/mol. The van der Waals surface area contributed by atoms with Crippen molar-refractivity contribution >= 4 is 11.7 Å². The summed E-state index contributed by atoms with van der Waals surface area (Å²) in [6.45, 7) is 4.02. The Bertz CT molecular complexity index is 369. The highest BCUT2D eigenvalue weighted by Gasteiger charge is 2.21. The lowest BCUT2D eigenvalue weighted by molar-refractivity contribution is 0.179. The summed E-state index contributed by atoms with van der Waals surface area (Å²) in [7, 11) is 0. The first-order valence-electron chi connectivity index (χ1n) is 6.90. The van der Waals surface area contributed by atoms with Crippen LogP contribution in [0, 0.1) is 5.92 Å². The number of benzene rings is 1. The van der Waals surface area contributed by atoms with Crippen molar-refractivity contribution < 1.29 is 4.79 Å². The Labute approximate surface area is 109 Å². The second-order valence-corrected chi connectivity index (χ2v) is 5.02. The van der Waals surface area contributed by atoms with Gasteiger partial charge in [-0.3, -0.25) is 0 Å². The first-order valence-corrected chi connectivity index (χ1v) is 6.90. The second-order valence-electron chi connectivity index (χ2n) is 5.02. The molecule has 1 N–H and O–H groups in total. The molecule has 1 heterocycles. The van der Waals surface area contributed by atoms with Crippen LogP contribution in [0.15, 0.2) is 30.3 Å². The summed E-state index contributed by atoms with van der Waals surface area (Å²) in [5.41, 5.74) is 0.873. The third-order valence-electron chi connectivity index (χ3n) is 3.62. The van der Waals surface area contributed by atoms with Gasteiger partial charge >= 0.3 is 6.03 Å². The zero-order chi connectivity index (χ0) is 12.8. The van der Waals surface area contributed by atoms with Crippen LogP contribution >= 0.6 is 0 Å². The number of nitrogens with one attached hydrogen (secondary N) is 1. The summed E-state index contributed by atoms with van der Waals surface area (Å²) in [4.78, 5) is 14.0. The number of piperidine rings is 1. The third kappa shape index (κ3) is 3.49. The largest absolute Gasteiger partial charge is 0.325 e. The number of hydrogen-bond donors (Lipinski definition) is 1. The molecule has 98 valence electrons. The van der Waals surface area contributed by atoms with Crippen LogP contribution in [0.1, 0.15) is 32.6 Å². The van der Waals surface area contributed by atoms with E-state index < -0.39 is 0 Å². The number of para-hydroxylation sites is 1. The molecule has 2 rings (SSSR count). The summed E-state index contributed by atoms with van der Waals surface area (Å²) in [6.07, 6.45) is 4.85. The van der Waals surface area contributed by atoms with Gasteiger partial charge in [0.05, 0.1) is 0 Å². The maximum absolute atomic E-state index is 12.0. The van der Waals surface area contributed by atoms with E-state index >= 15 is 0 Å². The Kier molecular flexibility index (Phi) is 4.62. The van der Waals surface area contributed by atoms with Crippen molar-refractivity contribution in [3.8, 4) is 0 Å². The summed E-state index contributed by atoms with van der Waals surface area (Å²) >= 11 is 0. The molecule has 0 spiro atoms.